The predicted octanol–water partition coefficient (Wildman–Crippen LogP) is 2.74. The largest absolute Gasteiger partial charge is 0.176 e. The van der Waals surface area contributed by atoms with Crippen molar-refractivity contribution in [2.75, 3.05) is 0 Å². The molecule has 0 amide bonds. The van der Waals surface area contributed by atoms with E-state index >= 15 is 0 Å². The highest BCUT2D eigenvalue weighted by molar-refractivity contribution is 7.84. The molecule has 0 bridgehead atoms. The molecule has 1 aromatic carbocycles. The van der Waals surface area contributed by atoms with Crippen molar-refractivity contribution in [2.24, 2.45) is 0 Å². The molecule has 12 heavy (non-hydrogen) atoms. The van der Waals surface area contributed by atoms with Crippen molar-refractivity contribution < 1.29 is 0 Å². The summed E-state index contributed by atoms with van der Waals surface area (Å²) in [6, 6.07) is 8.44. The third-order valence-corrected chi connectivity index (χ3v) is 3.00. The van der Waals surface area contributed by atoms with Gasteiger partial charge in [0.1, 0.15) is 0 Å². The van der Waals surface area contributed by atoms with Crippen molar-refractivity contribution in [3.8, 4) is 0 Å². The standard InChI is InChI=1S/C10H11S2/c11-8-5-7-3-1-2-4-9(7)10(12)6-8/h1-4,8,11-12H,5-6H2. The van der Waals surface area contributed by atoms with Gasteiger partial charge in [-0.2, -0.15) is 25.3 Å². The molecule has 0 aliphatic heterocycles. The maximum atomic E-state index is 4.48. The van der Waals surface area contributed by atoms with E-state index in [9.17, 15) is 0 Å². The van der Waals surface area contributed by atoms with Gasteiger partial charge in [0.25, 0.3) is 0 Å². The van der Waals surface area contributed by atoms with Gasteiger partial charge in [-0.25, -0.2) is 0 Å². The Balaban J connectivity index is 2.40. The average Bonchev–Trinajstić information content (AvgIpc) is 2.04. The Labute approximate surface area is 84.2 Å². The van der Waals surface area contributed by atoms with Crippen LogP contribution in [0.1, 0.15) is 17.5 Å². The van der Waals surface area contributed by atoms with Crippen molar-refractivity contribution in [1.82, 2.24) is 0 Å². The highest BCUT2D eigenvalue weighted by atomic mass is 32.1. The van der Waals surface area contributed by atoms with Crippen molar-refractivity contribution in [3.05, 3.63) is 40.6 Å². The van der Waals surface area contributed by atoms with E-state index in [2.05, 4.69) is 49.5 Å². The Bertz CT molecular complexity index is 283. The van der Waals surface area contributed by atoms with Crippen LogP contribution < -0.4 is 0 Å². The minimum absolute atomic E-state index is 0.451. The van der Waals surface area contributed by atoms with Crippen LogP contribution in [-0.4, -0.2) is 5.25 Å². The van der Waals surface area contributed by atoms with Crippen LogP contribution in [0, 0.1) is 5.25 Å². The molecule has 0 fully saturated rings. The molecule has 0 saturated heterocycles. The summed E-state index contributed by atoms with van der Waals surface area (Å²) < 4.78 is 0. The van der Waals surface area contributed by atoms with Gasteiger partial charge in [-0.05, 0) is 24.0 Å². The highest BCUT2D eigenvalue weighted by Gasteiger charge is 2.22. The number of rotatable bonds is 0. The number of hydrogen-bond acceptors (Lipinski definition) is 2. The Morgan fingerprint density at radius 1 is 1.17 bits per heavy atom. The van der Waals surface area contributed by atoms with Crippen LogP contribution in [0.3, 0.4) is 0 Å². The first-order valence-electron chi connectivity index (χ1n) is 4.08. The summed E-state index contributed by atoms with van der Waals surface area (Å²) in [4.78, 5) is 0. The predicted molar refractivity (Wildman–Crippen MR) is 58.9 cm³/mol. The van der Waals surface area contributed by atoms with Crippen LogP contribution in [-0.2, 0) is 6.42 Å². The van der Waals surface area contributed by atoms with Crippen LogP contribution >= 0.6 is 25.3 Å². The smallest absolute Gasteiger partial charge is 0.0576 e. The van der Waals surface area contributed by atoms with E-state index in [0.717, 1.165) is 12.8 Å². The summed E-state index contributed by atoms with van der Waals surface area (Å²) in [5.41, 5.74) is 2.69. The van der Waals surface area contributed by atoms with Gasteiger partial charge in [0.05, 0.1) is 5.25 Å². The first-order valence-corrected chi connectivity index (χ1v) is 5.05. The minimum atomic E-state index is 0.451. The molecule has 1 aliphatic carbocycles. The van der Waals surface area contributed by atoms with E-state index in [4.69, 9.17) is 0 Å². The summed E-state index contributed by atoms with van der Waals surface area (Å²) in [5.74, 6) is 0. The molecule has 1 aromatic rings. The van der Waals surface area contributed by atoms with Gasteiger partial charge in [-0.3, -0.25) is 0 Å². The molecule has 1 aliphatic rings. The van der Waals surface area contributed by atoms with Crippen molar-refractivity contribution in [2.45, 2.75) is 18.1 Å². The second-order valence-electron chi connectivity index (χ2n) is 3.17. The maximum Gasteiger partial charge on any atom is 0.0576 e. The number of thiol groups is 2. The van der Waals surface area contributed by atoms with Crippen LogP contribution in [0.15, 0.2) is 24.3 Å². The summed E-state index contributed by atoms with van der Waals surface area (Å²) in [6.07, 6.45) is 2.08. The lowest BCUT2D eigenvalue weighted by atomic mass is 9.91. The first kappa shape index (κ1) is 8.52. The molecular weight excluding hydrogens is 184 g/mol. The molecule has 0 heterocycles. The second kappa shape index (κ2) is 3.35. The van der Waals surface area contributed by atoms with E-state index in [1.807, 2.05) is 0 Å². The lowest BCUT2D eigenvalue weighted by Crippen LogP contribution is -2.16. The SMILES string of the molecule is S[C]1CC(S)Cc2ccccc21. The van der Waals surface area contributed by atoms with Gasteiger partial charge in [0.15, 0.2) is 0 Å². The van der Waals surface area contributed by atoms with Gasteiger partial charge in [0, 0.05) is 5.25 Å². The quantitative estimate of drug-likeness (QED) is 0.584. The summed E-state index contributed by atoms with van der Waals surface area (Å²) >= 11 is 8.94. The zero-order valence-electron chi connectivity index (χ0n) is 6.70. The summed E-state index contributed by atoms with van der Waals surface area (Å²) in [6.45, 7) is 0. The minimum Gasteiger partial charge on any atom is -0.176 e. The van der Waals surface area contributed by atoms with E-state index in [1.165, 1.54) is 16.4 Å². The van der Waals surface area contributed by atoms with Gasteiger partial charge >= 0.3 is 0 Å². The van der Waals surface area contributed by atoms with Crippen molar-refractivity contribution >= 4 is 25.3 Å². The molecule has 0 nitrogen and oxygen atoms in total. The van der Waals surface area contributed by atoms with Crippen molar-refractivity contribution in [3.63, 3.8) is 0 Å². The molecule has 2 rings (SSSR count). The van der Waals surface area contributed by atoms with Gasteiger partial charge in [0.2, 0.25) is 0 Å². The topological polar surface area (TPSA) is 0 Å². The molecule has 1 atom stereocenters. The molecule has 0 spiro atoms. The monoisotopic (exact) mass is 195 g/mol. The Morgan fingerprint density at radius 2 is 1.92 bits per heavy atom. The Morgan fingerprint density at radius 3 is 2.75 bits per heavy atom. The van der Waals surface area contributed by atoms with Gasteiger partial charge in [-0.15, -0.1) is 0 Å². The fourth-order valence-corrected chi connectivity index (χ4v) is 2.60. The highest BCUT2D eigenvalue weighted by Crippen LogP contribution is 2.34. The molecule has 2 heteroatoms. The van der Waals surface area contributed by atoms with E-state index in [1.54, 1.807) is 0 Å². The third kappa shape index (κ3) is 1.50. The molecule has 1 unspecified atom stereocenters. The fraction of sp³-hybridized carbons (Fsp3) is 0.300. The number of fused-ring (bicyclic) bond motifs is 1. The Kier molecular flexibility index (Phi) is 2.37. The zero-order valence-corrected chi connectivity index (χ0v) is 8.48. The lowest BCUT2D eigenvalue weighted by Gasteiger charge is -2.25. The van der Waals surface area contributed by atoms with Gasteiger partial charge < -0.3 is 0 Å². The second-order valence-corrected chi connectivity index (χ2v) is 4.44. The first-order chi connectivity index (χ1) is 5.77. The molecule has 0 N–H and O–H groups in total. The summed E-state index contributed by atoms with van der Waals surface area (Å²) in [7, 11) is 0. The molecule has 63 valence electrons. The molecule has 0 saturated carbocycles. The molecule has 1 radical (unpaired) electrons. The van der Waals surface area contributed by atoms with Crippen molar-refractivity contribution in [1.29, 1.82) is 0 Å². The van der Waals surface area contributed by atoms with Crippen LogP contribution in [0.25, 0.3) is 0 Å². The number of hydrogen-bond donors (Lipinski definition) is 2. The fourth-order valence-electron chi connectivity index (χ4n) is 1.64. The van der Waals surface area contributed by atoms with Crippen LogP contribution in [0.2, 0.25) is 0 Å². The van der Waals surface area contributed by atoms with E-state index in [-0.39, 0.29) is 0 Å². The lowest BCUT2D eigenvalue weighted by molar-refractivity contribution is 0.787. The molecular formula is C10H11S2. The Hall–Kier alpha value is -0.0800. The van der Waals surface area contributed by atoms with Crippen LogP contribution in [0.4, 0.5) is 0 Å². The van der Waals surface area contributed by atoms with E-state index in [0.29, 0.717) is 5.25 Å². The normalized spacial score (nSPS) is 23.7. The summed E-state index contributed by atoms with van der Waals surface area (Å²) in [5, 5.41) is 1.63. The number of benzene rings is 1. The zero-order chi connectivity index (χ0) is 8.55. The van der Waals surface area contributed by atoms with E-state index < -0.39 is 0 Å². The van der Waals surface area contributed by atoms with Crippen LogP contribution in [0.5, 0.6) is 0 Å². The molecule has 0 aromatic heterocycles. The third-order valence-electron chi connectivity index (χ3n) is 2.21. The average molecular weight is 195 g/mol. The maximum absolute atomic E-state index is 4.48. The van der Waals surface area contributed by atoms with Gasteiger partial charge in [-0.1, -0.05) is 24.3 Å².